The Hall–Kier alpha value is -7.56. The Morgan fingerprint density at radius 1 is 0.357 bits per heavy atom. The Kier molecular flexibility index (Phi) is 6.60. The number of aromatic nitrogens is 1. The first-order valence-electron chi connectivity index (χ1n) is 19.0. The van der Waals surface area contributed by atoms with Gasteiger partial charge in [-0.2, -0.15) is 0 Å². The van der Waals surface area contributed by atoms with Crippen molar-refractivity contribution in [1.82, 2.24) is 4.40 Å². The van der Waals surface area contributed by atoms with Crippen LogP contribution in [0.25, 0.3) is 93.3 Å². The molecular weight excluding hydrogens is 685 g/mol. The van der Waals surface area contributed by atoms with Gasteiger partial charge in [-0.3, -0.25) is 0 Å². The highest BCUT2D eigenvalue weighted by molar-refractivity contribution is 6.21. The van der Waals surface area contributed by atoms with Gasteiger partial charge in [0.1, 0.15) is 22.3 Å². The molecule has 0 aliphatic heterocycles. The monoisotopic (exact) mass is 716 g/mol. The van der Waals surface area contributed by atoms with Gasteiger partial charge < -0.3 is 18.1 Å². The second-order valence-electron chi connectivity index (χ2n) is 14.5. The van der Waals surface area contributed by atoms with Gasteiger partial charge in [0.15, 0.2) is 0 Å². The molecular formula is C52H32N2O2. The average molecular weight is 717 g/mol. The largest absolute Gasteiger partial charge is 0.456 e. The minimum Gasteiger partial charge on any atom is -0.456 e. The molecule has 0 aliphatic rings. The lowest BCUT2D eigenvalue weighted by atomic mass is 9.93. The second kappa shape index (κ2) is 12.0. The van der Waals surface area contributed by atoms with Gasteiger partial charge >= 0.3 is 0 Å². The SMILES string of the molecule is c1ccc(-c2c3c4cccc(-c5ccc(N(c6ccc7c(c6)oc6ccccc67)c6ccc7c(c6)oc6ccccc67)cc5)c4ccc3n3ccccc23)cc1. The van der Waals surface area contributed by atoms with Crippen molar-refractivity contribution in [2.75, 3.05) is 4.90 Å². The van der Waals surface area contributed by atoms with Crippen molar-refractivity contribution < 1.29 is 8.83 Å². The lowest BCUT2D eigenvalue weighted by molar-refractivity contribution is 0.669. The molecule has 0 bridgehead atoms. The summed E-state index contributed by atoms with van der Waals surface area (Å²) in [7, 11) is 0. The van der Waals surface area contributed by atoms with Crippen LogP contribution in [-0.4, -0.2) is 4.40 Å². The molecule has 4 heteroatoms. The lowest BCUT2D eigenvalue weighted by Gasteiger charge is -2.25. The first-order valence-corrected chi connectivity index (χ1v) is 19.0. The Balaban J connectivity index is 1.02. The molecule has 0 N–H and O–H groups in total. The van der Waals surface area contributed by atoms with Crippen molar-refractivity contribution in [3.8, 4) is 22.3 Å². The van der Waals surface area contributed by atoms with E-state index in [2.05, 4.69) is 179 Å². The van der Waals surface area contributed by atoms with Crippen molar-refractivity contribution in [2.24, 2.45) is 0 Å². The maximum Gasteiger partial charge on any atom is 0.137 e. The zero-order valence-electron chi connectivity index (χ0n) is 30.2. The molecule has 12 rings (SSSR count). The summed E-state index contributed by atoms with van der Waals surface area (Å²) in [6, 6.07) is 66.9. The zero-order valence-corrected chi connectivity index (χ0v) is 30.2. The summed E-state index contributed by atoms with van der Waals surface area (Å²) in [6.07, 6.45) is 2.17. The van der Waals surface area contributed by atoms with Crippen LogP contribution >= 0.6 is 0 Å². The van der Waals surface area contributed by atoms with Crippen LogP contribution in [0.15, 0.2) is 203 Å². The number of rotatable bonds is 5. The number of anilines is 3. The fourth-order valence-electron chi connectivity index (χ4n) is 8.89. The minimum absolute atomic E-state index is 0.852. The zero-order chi connectivity index (χ0) is 36.7. The molecule has 12 aromatic rings. The quantitative estimate of drug-likeness (QED) is 0.178. The third-order valence-electron chi connectivity index (χ3n) is 11.4. The first kappa shape index (κ1) is 30.9. The molecule has 0 atom stereocenters. The predicted molar refractivity (Wildman–Crippen MR) is 233 cm³/mol. The van der Waals surface area contributed by atoms with Gasteiger partial charge in [-0.05, 0) is 94.2 Å². The van der Waals surface area contributed by atoms with Crippen molar-refractivity contribution in [2.45, 2.75) is 0 Å². The molecule has 4 nitrogen and oxygen atoms in total. The van der Waals surface area contributed by atoms with E-state index in [9.17, 15) is 0 Å². The number of nitrogens with zero attached hydrogens (tertiary/aromatic N) is 2. The molecule has 0 radical (unpaired) electrons. The highest BCUT2D eigenvalue weighted by atomic mass is 16.3. The number of pyridine rings is 1. The third kappa shape index (κ3) is 4.60. The van der Waals surface area contributed by atoms with Crippen LogP contribution < -0.4 is 4.90 Å². The summed E-state index contributed by atoms with van der Waals surface area (Å²) < 4.78 is 15.1. The number of fused-ring (bicyclic) bond motifs is 11. The van der Waals surface area contributed by atoms with Crippen LogP contribution in [0.3, 0.4) is 0 Å². The standard InChI is InChI=1S/C52H32N2O2/c1-2-11-34(12-3-1)51-45-17-8-9-30-53(45)46-29-28-39-38(15-10-16-44(39)52(46)51)33-20-22-35(23-21-33)54(36-24-26-42-40-13-4-6-18-47(40)55-49(42)31-36)37-25-27-43-41-14-5-7-19-48(41)56-50(43)32-37/h1-32H. The molecule has 262 valence electrons. The summed E-state index contributed by atoms with van der Waals surface area (Å²) in [4.78, 5) is 2.29. The summed E-state index contributed by atoms with van der Waals surface area (Å²) in [5.41, 5.74) is 13.8. The Morgan fingerprint density at radius 3 is 1.62 bits per heavy atom. The van der Waals surface area contributed by atoms with Crippen LogP contribution in [0.4, 0.5) is 17.1 Å². The molecule has 0 fully saturated rings. The van der Waals surface area contributed by atoms with E-state index in [-0.39, 0.29) is 0 Å². The van der Waals surface area contributed by atoms with E-state index < -0.39 is 0 Å². The van der Waals surface area contributed by atoms with E-state index in [4.69, 9.17) is 8.83 Å². The molecule has 4 heterocycles. The summed E-state index contributed by atoms with van der Waals surface area (Å²) in [6.45, 7) is 0. The maximum absolute atomic E-state index is 6.38. The number of furan rings is 2. The predicted octanol–water partition coefficient (Wildman–Crippen LogP) is 14.8. The van der Waals surface area contributed by atoms with E-state index in [0.29, 0.717) is 0 Å². The molecule has 0 amide bonds. The molecule has 0 unspecified atom stereocenters. The first-order chi connectivity index (χ1) is 27.8. The smallest absolute Gasteiger partial charge is 0.137 e. The minimum atomic E-state index is 0.852. The van der Waals surface area contributed by atoms with Crippen LogP contribution in [0.2, 0.25) is 0 Å². The van der Waals surface area contributed by atoms with E-state index in [1.54, 1.807) is 0 Å². The van der Waals surface area contributed by atoms with E-state index in [1.807, 2.05) is 24.3 Å². The van der Waals surface area contributed by atoms with E-state index in [1.165, 1.54) is 43.9 Å². The Morgan fingerprint density at radius 2 is 0.929 bits per heavy atom. The van der Waals surface area contributed by atoms with Crippen LogP contribution in [0.1, 0.15) is 0 Å². The van der Waals surface area contributed by atoms with Gasteiger partial charge in [-0.1, -0.05) is 109 Å². The average Bonchev–Trinajstić information content (AvgIpc) is 3.93. The number of hydrogen-bond acceptors (Lipinski definition) is 3. The summed E-state index contributed by atoms with van der Waals surface area (Å²) >= 11 is 0. The van der Waals surface area contributed by atoms with Crippen molar-refractivity contribution in [1.29, 1.82) is 0 Å². The number of para-hydroxylation sites is 2. The van der Waals surface area contributed by atoms with Gasteiger partial charge in [-0.25, -0.2) is 0 Å². The summed E-state index contributed by atoms with van der Waals surface area (Å²) in [5.74, 6) is 0. The van der Waals surface area contributed by atoms with Crippen LogP contribution in [0, 0.1) is 0 Å². The van der Waals surface area contributed by atoms with Gasteiger partial charge in [0.25, 0.3) is 0 Å². The van der Waals surface area contributed by atoms with E-state index >= 15 is 0 Å². The normalized spacial score (nSPS) is 11.9. The van der Waals surface area contributed by atoms with E-state index in [0.717, 1.165) is 66.5 Å². The molecule has 0 saturated carbocycles. The number of hydrogen-bond donors (Lipinski definition) is 0. The topological polar surface area (TPSA) is 33.9 Å². The van der Waals surface area contributed by atoms with Crippen molar-refractivity contribution in [3.05, 3.63) is 194 Å². The fraction of sp³-hybridized carbons (Fsp3) is 0. The molecule has 0 saturated heterocycles. The van der Waals surface area contributed by atoms with Crippen molar-refractivity contribution in [3.63, 3.8) is 0 Å². The van der Waals surface area contributed by atoms with Gasteiger partial charge in [0.05, 0.1) is 11.0 Å². The lowest BCUT2D eigenvalue weighted by Crippen LogP contribution is -2.09. The van der Waals surface area contributed by atoms with Crippen LogP contribution in [0.5, 0.6) is 0 Å². The van der Waals surface area contributed by atoms with Crippen LogP contribution in [-0.2, 0) is 0 Å². The van der Waals surface area contributed by atoms with Gasteiger partial charge in [-0.15, -0.1) is 0 Å². The highest BCUT2D eigenvalue weighted by Crippen LogP contribution is 2.44. The fourth-order valence-corrected chi connectivity index (χ4v) is 8.89. The second-order valence-corrected chi connectivity index (χ2v) is 14.5. The Labute approximate surface area is 321 Å². The highest BCUT2D eigenvalue weighted by Gasteiger charge is 2.20. The maximum atomic E-state index is 6.38. The molecule has 0 aliphatic carbocycles. The molecule has 0 spiro atoms. The number of benzene rings is 8. The molecule has 56 heavy (non-hydrogen) atoms. The summed E-state index contributed by atoms with van der Waals surface area (Å²) in [5, 5.41) is 8.17. The molecule has 4 aromatic heterocycles. The molecule has 8 aromatic carbocycles. The Bertz CT molecular complexity index is 3370. The van der Waals surface area contributed by atoms with Gasteiger partial charge in [0, 0.05) is 67.9 Å². The van der Waals surface area contributed by atoms with Crippen molar-refractivity contribution >= 4 is 88.1 Å². The van der Waals surface area contributed by atoms with Gasteiger partial charge in [0.2, 0.25) is 0 Å². The third-order valence-corrected chi connectivity index (χ3v) is 11.4.